The Morgan fingerprint density at radius 1 is 0.500 bits per heavy atom. The summed E-state index contributed by atoms with van der Waals surface area (Å²) in [5.74, 6) is -9.24. The normalized spacial score (nSPS) is 33.3. The molecule has 5 fully saturated rings. The molecular weight excluding hydrogens is 492 g/mol. The van der Waals surface area contributed by atoms with Crippen LogP contribution in [0, 0.1) is 23.7 Å². The SMILES string of the molecule is O=C1C2C(C(=O)N1OS(=O)(=O)C1CCCCC1)C1C(=O)N(OS(=O)(=O)C3CCCCC3)C(=O)C21. The minimum Gasteiger partial charge on any atom is -0.272 e. The molecule has 5 rings (SSSR count). The maximum atomic E-state index is 12.8. The first-order valence-electron chi connectivity index (χ1n) is 11.7. The summed E-state index contributed by atoms with van der Waals surface area (Å²) in [5, 5.41) is -1.34. The molecule has 2 aliphatic heterocycles. The number of imide groups is 2. The van der Waals surface area contributed by atoms with Gasteiger partial charge in [-0.15, -0.1) is 18.7 Å². The van der Waals surface area contributed by atoms with Crippen molar-refractivity contribution in [2.45, 2.75) is 74.7 Å². The van der Waals surface area contributed by atoms with Gasteiger partial charge >= 0.3 is 0 Å². The number of carbonyl (C=O) groups excluding carboxylic acids is 4. The molecule has 0 aromatic carbocycles. The Bertz CT molecular complexity index is 1000. The molecule has 0 aromatic heterocycles. The highest BCUT2D eigenvalue weighted by molar-refractivity contribution is 7.87. The quantitative estimate of drug-likeness (QED) is 0.450. The van der Waals surface area contributed by atoms with Gasteiger partial charge in [0.05, 0.1) is 34.2 Å². The number of hydrogen-bond donors (Lipinski definition) is 0. The molecule has 34 heavy (non-hydrogen) atoms. The van der Waals surface area contributed by atoms with Crippen LogP contribution in [0.4, 0.5) is 0 Å². The van der Waals surface area contributed by atoms with Crippen LogP contribution in [0.2, 0.25) is 0 Å². The highest BCUT2D eigenvalue weighted by Gasteiger charge is 2.75. The van der Waals surface area contributed by atoms with E-state index >= 15 is 0 Å². The van der Waals surface area contributed by atoms with Crippen LogP contribution in [-0.2, 0) is 48.0 Å². The lowest BCUT2D eigenvalue weighted by atomic mass is 9.59. The Kier molecular flexibility index (Phi) is 5.85. The Labute approximate surface area is 197 Å². The van der Waals surface area contributed by atoms with Crippen LogP contribution in [0.25, 0.3) is 0 Å². The Morgan fingerprint density at radius 3 is 1.03 bits per heavy atom. The maximum absolute atomic E-state index is 12.8. The fourth-order valence-electron chi connectivity index (χ4n) is 5.92. The summed E-state index contributed by atoms with van der Waals surface area (Å²) in [4.78, 5) is 51.4. The molecule has 0 bridgehead atoms. The lowest BCUT2D eigenvalue weighted by molar-refractivity contribution is -0.170. The summed E-state index contributed by atoms with van der Waals surface area (Å²) in [6.45, 7) is 0. The van der Waals surface area contributed by atoms with Crippen molar-refractivity contribution >= 4 is 43.9 Å². The van der Waals surface area contributed by atoms with Gasteiger partial charge in [-0.25, -0.2) is 0 Å². The third-order valence-electron chi connectivity index (χ3n) is 7.77. The number of nitrogens with zero attached hydrogens (tertiary/aromatic N) is 2. The number of carbonyl (C=O) groups is 4. The van der Waals surface area contributed by atoms with Gasteiger partial charge in [0.1, 0.15) is 0 Å². The van der Waals surface area contributed by atoms with E-state index in [1.165, 1.54) is 0 Å². The molecule has 12 nitrogen and oxygen atoms in total. The van der Waals surface area contributed by atoms with Crippen molar-refractivity contribution in [1.29, 1.82) is 0 Å². The van der Waals surface area contributed by atoms with E-state index in [0.717, 1.165) is 12.8 Å². The van der Waals surface area contributed by atoms with Gasteiger partial charge in [0, 0.05) is 0 Å². The van der Waals surface area contributed by atoms with Gasteiger partial charge < -0.3 is 0 Å². The van der Waals surface area contributed by atoms with Crippen molar-refractivity contribution in [3.05, 3.63) is 0 Å². The number of fused-ring (bicyclic) bond motifs is 4. The van der Waals surface area contributed by atoms with Gasteiger partial charge in [0.25, 0.3) is 43.9 Å². The summed E-state index contributed by atoms with van der Waals surface area (Å²) >= 11 is 0. The van der Waals surface area contributed by atoms with Crippen LogP contribution in [-0.4, -0.2) is 61.1 Å². The molecule has 0 radical (unpaired) electrons. The number of amides is 4. The lowest BCUT2D eigenvalue weighted by Crippen LogP contribution is -2.50. The van der Waals surface area contributed by atoms with E-state index in [1.54, 1.807) is 0 Å². The Balaban J connectivity index is 1.31. The van der Waals surface area contributed by atoms with E-state index in [2.05, 4.69) is 0 Å². The van der Waals surface area contributed by atoms with Gasteiger partial charge in [0.15, 0.2) is 0 Å². The first-order chi connectivity index (χ1) is 16.0. The summed E-state index contributed by atoms with van der Waals surface area (Å²) in [5.41, 5.74) is 0. The van der Waals surface area contributed by atoms with Gasteiger partial charge in [0.2, 0.25) is 0 Å². The Morgan fingerprint density at radius 2 is 0.765 bits per heavy atom. The van der Waals surface area contributed by atoms with E-state index in [-0.39, 0.29) is 10.1 Å². The van der Waals surface area contributed by atoms with Crippen molar-refractivity contribution in [3.8, 4) is 0 Å². The van der Waals surface area contributed by atoms with Crippen LogP contribution in [0.1, 0.15) is 64.2 Å². The molecule has 188 valence electrons. The number of hydroxylamine groups is 4. The predicted octanol–water partition coefficient (Wildman–Crippen LogP) is 0.391. The van der Waals surface area contributed by atoms with Gasteiger partial charge in [-0.2, -0.15) is 16.8 Å². The largest absolute Gasteiger partial charge is 0.291 e. The lowest BCUT2D eigenvalue weighted by Gasteiger charge is -2.35. The fourth-order valence-corrected chi connectivity index (χ4v) is 8.69. The molecule has 3 aliphatic carbocycles. The van der Waals surface area contributed by atoms with E-state index in [0.29, 0.717) is 51.4 Å². The highest BCUT2D eigenvalue weighted by atomic mass is 32.2. The van der Waals surface area contributed by atoms with Crippen molar-refractivity contribution < 1.29 is 44.6 Å². The summed E-state index contributed by atoms with van der Waals surface area (Å²) in [6, 6.07) is 0. The molecule has 0 spiro atoms. The van der Waals surface area contributed by atoms with E-state index in [4.69, 9.17) is 8.57 Å². The summed E-state index contributed by atoms with van der Waals surface area (Å²) in [7, 11) is -8.50. The molecule has 3 saturated carbocycles. The second-order valence-corrected chi connectivity index (χ2v) is 13.3. The molecule has 2 heterocycles. The van der Waals surface area contributed by atoms with Crippen LogP contribution in [0.15, 0.2) is 0 Å². The van der Waals surface area contributed by atoms with Crippen LogP contribution < -0.4 is 0 Å². The molecule has 2 saturated heterocycles. The zero-order valence-electron chi connectivity index (χ0n) is 18.3. The third kappa shape index (κ3) is 3.60. The highest BCUT2D eigenvalue weighted by Crippen LogP contribution is 2.57. The molecule has 0 unspecified atom stereocenters. The molecule has 0 N–H and O–H groups in total. The van der Waals surface area contributed by atoms with E-state index in [9.17, 15) is 36.0 Å². The minimum atomic E-state index is -4.25. The fraction of sp³-hybridized carbons (Fsp3) is 0.800. The maximum Gasteiger partial charge on any atom is 0.291 e. The first-order valence-corrected chi connectivity index (χ1v) is 14.6. The molecule has 14 heteroatoms. The van der Waals surface area contributed by atoms with Crippen molar-refractivity contribution in [3.63, 3.8) is 0 Å². The Hall–Kier alpha value is -1.90. The molecule has 5 aliphatic rings. The monoisotopic (exact) mass is 518 g/mol. The van der Waals surface area contributed by atoms with E-state index in [1.807, 2.05) is 0 Å². The molecule has 0 atom stereocenters. The zero-order chi connectivity index (χ0) is 24.4. The molecular formula is C20H26N2O10S2. The van der Waals surface area contributed by atoms with Gasteiger partial charge in [-0.3, -0.25) is 19.2 Å². The first kappa shape index (κ1) is 23.8. The van der Waals surface area contributed by atoms with Crippen molar-refractivity contribution in [2.75, 3.05) is 0 Å². The molecule has 4 amide bonds. The third-order valence-corrected chi connectivity index (χ3v) is 11.1. The van der Waals surface area contributed by atoms with Crippen molar-refractivity contribution in [1.82, 2.24) is 10.1 Å². The zero-order valence-corrected chi connectivity index (χ0v) is 20.0. The second-order valence-electron chi connectivity index (χ2n) is 9.70. The van der Waals surface area contributed by atoms with Crippen LogP contribution in [0.5, 0.6) is 0 Å². The average molecular weight is 519 g/mol. The van der Waals surface area contributed by atoms with E-state index < -0.39 is 78.0 Å². The number of hydrogen-bond acceptors (Lipinski definition) is 10. The number of rotatable bonds is 6. The van der Waals surface area contributed by atoms with Gasteiger partial charge in [-0.05, 0) is 25.7 Å². The smallest absolute Gasteiger partial charge is 0.272 e. The van der Waals surface area contributed by atoms with Crippen LogP contribution in [0.3, 0.4) is 0 Å². The topological polar surface area (TPSA) is 161 Å². The minimum absolute atomic E-state index is 0.169. The van der Waals surface area contributed by atoms with Gasteiger partial charge in [-0.1, -0.05) is 38.5 Å². The second kappa shape index (κ2) is 8.35. The molecule has 0 aromatic rings. The van der Waals surface area contributed by atoms with Crippen molar-refractivity contribution in [2.24, 2.45) is 23.7 Å². The predicted molar refractivity (Wildman–Crippen MR) is 111 cm³/mol. The van der Waals surface area contributed by atoms with Crippen LogP contribution >= 0.6 is 0 Å². The average Bonchev–Trinajstić information content (AvgIpc) is 3.10. The standard InChI is InChI=1S/C20H26N2O10S2/c23-17-13-14(18(24)21(17)31-33(27,28)11-7-3-1-4-8-11)16-15(13)19(25)22(20(16)26)32-34(29,30)12-9-5-2-6-10-12/h11-16H,1-10H2. The summed E-state index contributed by atoms with van der Waals surface area (Å²) in [6.07, 6.45) is 5.96. The summed E-state index contributed by atoms with van der Waals surface area (Å²) < 4.78 is 60.2.